The Kier molecular flexibility index (Phi) is 4.75. The van der Waals surface area contributed by atoms with E-state index in [1.165, 1.54) is 19.5 Å². The van der Waals surface area contributed by atoms with Crippen molar-refractivity contribution >= 4 is 5.82 Å². The van der Waals surface area contributed by atoms with Crippen LogP contribution in [0.1, 0.15) is 25.8 Å². The smallest absolute Gasteiger partial charge is 0.143 e. The molecule has 0 bridgehead atoms. The van der Waals surface area contributed by atoms with E-state index in [9.17, 15) is 0 Å². The fourth-order valence-electron chi connectivity index (χ4n) is 2.64. The van der Waals surface area contributed by atoms with Gasteiger partial charge in [-0.15, -0.1) is 0 Å². The Hall–Kier alpha value is -1.60. The second kappa shape index (κ2) is 6.53. The molecule has 1 saturated heterocycles. The summed E-state index contributed by atoms with van der Waals surface area (Å²) in [7, 11) is 0. The van der Waals surface area contributed by atoms with Crippen LogP contribution in [0.15, 0.2) is 18.3 Å². The minimum atomic E-state index is 0.625. The van der Waals surface area contributed by atoms with Crippen molar-refractivity contribution < 1.29 is 0 Å². The lowest BCUT2D eigenvalue weighted by Crippen LogP contribution is -2.26. The van der Waals surface area contributed by atoms with Gasteiger partial charge in [0.15, 0.2) is 0 Å². The quantitative estimate of drug-likeness (QED) is 0.880. The maximum absolute atomic E-state index is 9.01. The lowest BCUT2D eigenvalue weighted by molar-refractivity contribution is 0.289. The lowest BCUT2D eigenvalue weighted by atomic mass is 10.1. The van der Waals surface area contributed by atoms with E-state index >= 15 is 0 Å². The van der Waals surface area contributed by atoms with Gasteiger partial charge in [-0.3, -0.25) is 0 Å². The van der Waals surface area contributed by atoms with Crippen LogP contribution in [0, 0.1) is 23.2 Å². The second-order valence-corrected chi connectivity index (χ2v) is 5.70. The fourth-order valence-corrected chi connectivity index (χ4v) is 2.64. The standard InChI is InChI=1S/C15H22N4/c1-12(2)10-19-7-5-13(11-19)9-18-15-14(8-16)4-3-6-17-15/h3-4,6,12-13H,5,7,9-11H2,1-2H3,(H,17,18)/t13-/m0/s1. The molecule has 102 valence electrons. The third-order valence-electron chi connectivity index (χ3n) is 3.48. The van der Waals surface area contributed by atoms with Crippen molar-refractivity contribution in [2.45, 2.75) is 20.3 Å². The predicted molar refractivity (Wildman–Crippen MR) is 76.8 cm³/mol. The predicted octanol–water partition coefficient (Wildman–Crippen LogP) is 2.34. The van der Waals surface area contributed by atoms with Crippen LogP contribution in [0.3, 0.4) is 0 Å². The van der Waals surface area contributed by atoms with Crippen molar-refractivity contribution in [2.75, 3.05) is 31.5 Å². The highest BCUT2D eigenvalue weighted by Crippen LogP contribution is 2.18. The summed E-state index contributed by atoms with van der Waals surface area (Å²) in [6, 6.07) is 5.77. The van der Waals surface area contributed by atoms with Gasteiger partial charge in [-0.2, -0.15) is 5.26 Å². The number of likely N-dealkylation sites (tertiary alicyclic amines) is 1. The number of nitrogens with one attached hydrogen (secondary N) is 1. The van der Waals surface area contributed by atoms with E-state index in [0.717, 1.165) is 19.0 Å². The van der Waals surface area contributed by atoms with Gasteiger partial charge >= 0.3 is 0 Å². The molecule has 0 unspecified atom stereocenters. The highest BCUT2D eigenvalue weighted by molar-refractivity contribution is 5.51. The molecular weight excluding hydrogens is 236 g/mol. The molecule has 1 aliphatic rings. The van der Waals surface area contributed by atoms with Gasteiger partial charge in [0.25, 0.3) is 0 Å². The Morgan fingerprint density at radius 3 is 3.16 bits per heavy atom. The van der Waals surface area contributed by atoms with Crippen molar-refractivity contribution in [1.82, 2.24) is 9.88 Å². The molecule has 0 aromatic carbocycles. The highest BCUT2D eigenvalue weighted by Gasteiger charge is 2.22. The first-order valence-corrected chi connectivity index (χ1v) is 7.00. The molecule has 2 heterocycles. The van der Waals surface area contributed by atoms with Crippen molar-refractivity contribution in [1.29, 1.82) is 5.26 Å². The summed E-state index contributed by atoms with van der Waals surface area (Å²) in [6.45, 7) is 8.96. The maximum Gasteiger partial charge on any atom is 0.143 e. The zero-order chi connectivity index (χ0) is 13.7. The number of nitrogens with zero attached hydrogens (tertiary/aromatic N) is 3. The monoisotopic (exact) mass is 258 g/mol. The molecule has 4 nitrogen and oxygen atoms in total. The largest absolute Gasteiger partial charge is 0.369 e. The Bertz CT molecular complexity index is 450. The van der Waals surface area contributed by atoms with Gasteiger partial charge in [0.2, 0.25) is 0 Å². The van der Waals surface area contributed by atoms with E-state index in [0.29, 0.717) is 17.3 Å². The van der Waals surface area contributed by atoms with Crippen LogP contribution < -0.4 is 5.32 Å². The Balaban J connectivity index is 1.82. The average molecular weight is 258 g/mol. The SMILES string of the molecule is CC(C)CN1CC[C@@H](CNc2ncccc2C#N)C1. The van der Waals surface area contributed by atoms with Gasteiger partial charge in [0.1, 0.15) is 11.9 Å². The van der Waals surface area contributed by atoms with E-state index in [1.807, 2.05) is 0 Å². The minimum Gasteiger partial charge on any atom is -0.369 e. The molecule has 4 heteroatoms. The van der Waals surface area contributed by atoms with E-state index in [-0.39, 0.29) is 0 Å². The molecule has 1 aliphatic heterocycles. The Labute approximate surface area is 115 Å². The second-order valence-electron chi connectivity index (χ2n) is 5.70. The van der Waals surface area contributed by atoms with Crippen molar-refractivity contribution in [2.24, 2.45) is 11.8 Å². The van der Waals surface area contributed by atoms with Gasteiger partial charge in [-0.1, -0.05) is 13.8 Å². The summed E-state index contributed by atoms with van der Waals surface area (Å²) < 4.78 is 0. The van der Waals surface area contributed by atoms with Crippen LogP contribution in [0.25, 0.3) is 0 Å². The first-order chi connectivity index (χ1) is 9.19. The summed E-state index contributed by atoms with van der Waals surface area (Å²) in [5.74, 6) is 2.10. The van der Waals surface area contributed by atoms with E-state index in [1.54, 1.807) is 18.3 Å². The maximum atomic E-state index is 9.01. The highest BCUT2D eigenvalue weighted by atomic mass is 15.2. The molecule has 1 aromatic heterocycles. The van der Waals surface area contributed by atoms with Crippen molar-refractivity contribution in [3.05, 3.63) is 23.9 Å². The summed E-state index contributed by atoms with van der Waals surface area (Å²) in [6.07, 6.45) is 2.96. The van der Waals surface area contributed by atoms with Gasteiger partial charge in [-0.05, 0) is 36.9 Å². The van der Waals surface area contributed by atoms with Crippen LogP contribution in [0.4, 0.5) is 5.82 Å². The zero-order valence-corrected chi connectivity index (χ0v) is 11.8. The van der Waals surface area contributed by atoms with Gasteiger partial charge in [0, 0.05) is 25.8 Å². The summed E-state index contributed by atoms with van der Waals surface area (Å²) in [5.41, 5.74) is 0.625. The first-order valence-electron chi connectivity index (χ1n) is 7.00. The molecule has 1 N–H and O–H groups in total. The lowest BCUT2D eigenvalue weighted by Gasteiger charge is -2.18. The minimum absolute atomic E-state index is 0.625. The zero-order valence-electron chi connectivity index (χ0n) is 11.8. The van der Waals surface area contributed by atoms with Crippen LogP contribution in [-0.4, -0.2) is 36.1 Å². The number of anilines is 1. The molecule has 1 atom stereocenters. The topological polar surface area (TPSA) is 52.0 Å². The number of hydrogen-bond donors (Lipinski definition) is 1. The Morgan fingerprint density at radius 1 is 1.58 bits per heavy atom. The van der Waals surface area contributed by atoms with Crippen LogP contribution in [0.2, 0.25) is 0 Å². The summed E-state index contributed by atoms with van der Waals surface area (Å²) >= 11 is 0. The first kappa shape index (κ1) is 13.8. The molecule has 19 heavy (non-hydrogen) atoms. The molecule has 0 spiro atoms. The van der Waals surface area contributed by atoms with Crippen molar-refractivity contribution in [3.63, 3.8) is 0 Å². The molecule has 0 radical (unpaired) electrons. The summed E-state index contributed by atoms with van der Waals surface area (Å²) in [5, 5.41) is 12.3. The molecular formula is C15H22N4. The normalized spacial score (nSPS) is 19.6. The third-order valence-corrected chi connectivity index (χ3v) is 3.48. The van der Waals surface area contributed by atoms with Crippen LogP contribution in [-0.2, 0) is 0 Å². The number of aromatic nitrogens is 1. The molecule has 2 rings (SSSR count). The molecule has 0 saturated carbocycles. The number of pyridine rings is 1. The van der Waals surface area contributed by atoms with Gasteiger partial charge in [0.05, 0.1) is 5.56 Å². The molecule has 0 amide bonds. The molecule has 0 aliphatic carbocycles. The van der Waals surface area contributed by atoms with Crippen LogP contribution in [0.5, 0.6) is 0 Å². The van der Waals surface area contributed by atoms with Crippen LogP contribution >= 0.6 is 0 Å². The molecule has 1 fully saturated rings. The van der Waals surface area contributed by atoms with E-state index < -0.39 is 0 Å². The van der Waals surface area contributed by atoms with E-state index in [4.69, 9.17) is 5.26 Å². The number of hydrogen-bond acceptors (Lipinski definition) is 4. The van der Waals surface area contributed by atoms with E-state index in [2.05, 4.69) is 35.1 Å². The molecule has 1 aromatic rings. The van der Waals surface area contributed by atoms with Gasteiger partial charge in [-0.25, -0.2) is 4.98 Å². The summed E-state index contributed by atoms with van der Waals surface area (Å²) in [4.78, 5) is 6.76. The number of rotatable bonds is 5. The Morgan fingerprint density at radius 2 is 2.42 bits per heavy atom. The van der Waals surface area contributed by atoms with Crippen molar-refractivity contribution in [3.8, 4) is 6.07 Å². The average Bonchev–Trinajstić information content (AvgIpc) is 2.83. The van der Waals surface area contributed by atoms with Gasteiger partial charge < -0.3 is 10.2 Å². The third kappa shape index (κ3) is 3.93. The fraction of sp³-hybridized carbons (Fsp3) is 0.600. The number of nitriles is 1.